The van der Waals surface area contributed by atoms with E-state index in [9.17, 15) is 9.59 Å². The molecule has 5 heteroatoms. The number of carbonyl (C=O) groups excluding carboxylic acids is 1. The predicted molar refractivity (Wildman–Crippen MR) is 67.8 cm³/mol. The lowest BCUT2D eigenvalue weighted by atomic mass is 10.2. The highest BCUT2D eigenvalue weighted by Crippen LogP contribution is 2.25. The molecule has 98 valence electrons. The lowest BCUT2D eigenvalue weighted by Gasteiger charge is -2.10. The highest BCUT2D eigenvalue weighted by Gasteiger charge is 2.08. The van der Waals surface area contributed by atoms with E-state index in [2.05, 4.69) is 5.32 Å². The van der Waals surface area contributed by atoms with Gasteiger partial charge in [0.15, 0.2) is 0 Å². The molecule has 0 aliphatic heterocycles. The van der Waals surface area contributed by atoms with Crippen LogP contribution >= 0.6 is 0 Å². The molecular formula is C13H17NO4. The molecule has 0 unspecified atom stereocenters. The number of carboxylic acid groups (broad SMARTS) is 1. The molecule has 5 nitrogen and oxygen atoms in total. The van der Waals surface area contributed by atoms with Gasteiger partial charge in [-0.25, -0.2) is 0 Å². The number of rotatable bonds is 6. The Bertz CT molecular complexity index is 443. The number of anilines is 1. The third kappa shape index (κ3) is 4.45. The largest absolute Gasteiger partial charge is 0.495 e. The Morgan fingerprint density at radius 2 is 2.06 bits per heavy atom. The molecule has 2 N–H and O–H groups in total. The van der Waals surface area contributed by atoms with Crippen LogP contribution in [0.3, 0.4) is 0 Å². The van der Waals surface area contributed by atoms with E-state index in [-0.39, 0.29) is 18.7 Å². The Morgan fingerprint density at radius 1 is 1.33 bits per heavy atom. The third-order valence-electron chi connectivity index (χ3n) is 2.42. The van der Waals surface area contributed by atoms with Gasteiger partial charge >= 0.3 is 5.97 Å². The van der Waals surface area contributed by atoms with Crippen LogP contribution in [0, 0.1) is 6.92 Å². The van der Waals surface area contributed by atoms with E-state index in [0.29, 0.717) is 17.9 Å². The second-order valence-corrected chi connectivity index (χ2v) is 4.00. The van der Waals surface area contributed by atoms with Crippen LogP contribution in [-0.2, 0) is 9.59 Å². The fraction of sp³-hybridized carbons (Fsp3) is 0.385. The molecular weight excluding hydrogens is 234 g/mol. The van der Waals surface area contributed by atoms with E-state index in [1.165, 1.54) is 7.11 Å². The Balaban J connectivity index is 2.58. The Kier molecular flexibility index (Phi) is 5.17. The van der Waals surface area contributed by atoms with Gasteiger partial charge in [-0.3, -0.25) is 9.59 Å². The molecule has 1 rings (SSSR count). The van der Waals surface area contributed by atoms with Crippen molar-refractivity contribution in [3.05, 3.63) is 23.8 Å². The summed E-state index contributed by atoms with van der Waals surface area (Å²) < 4.78 is 5.14. The van der Waals surface area contributed by atoms with Crippen LogP contribution in [-0.4, -0.2) is 24.1 Å². The zero-order chi connectivity index (χ0) is 13.5. The minimum Gasteiger partial charge on any atom is -0.495 e. The molecule has 0 heterocycles. The van der Waals surface area contributed by atoms with Crippen LogP contribution < -0.4 is 10.1 Å². The summed E-state index contributed by atoms with van der Waals surface area (Å²) >= 11 is 0. The lowest BCUT2D eigenvalue weighted by Crippen LogP contribution is -2.12. The van der Waals surface area contributed by atoms with E-state index in [1.54, 1.807) is 6.07 Å². The summed E-state index contributed by atoms with van der Waals surface area (Å²) in [5, 5.41) is 11.2. The smallest absolute Gasteiger partial charge is 0.303 e. The molecule has 0 aromatic heterocycles. The molecule has 0 spiro atoms. The number of carbonyl (C=O) groups is 2. The Labute approximate surface area is 106 Å². The van der Waals surface area contributed by atoms with Gasteiger partial charge in [0.1, 0.15) is 5.75 Å². The summed E-state index contributed by atoms with van der Waals surface area (Å²) in [5.41, 5.74) is 1.62. The first-order valence-electron chi connectivity index (χ1n) is 5.69. The maximum absolute atomic E-state index is 11.6. The maximum Gasteiger partial charge on any atom is 0.303 e. The third-order valence-corrected chi connectivity index (χ3v) is 2.42. The average Bonchev–Trinajstić information content (AvgIpc) is 2.28. The van der Waals surface area contributed by atoms with Crippen LogP contribution in [0.15, 0.2) is 18.2 Å². The zero-order valence-electron chi connectivity index (χ0n) is 10.5. The number of nitrogens with one attached hydrogen (secondary N) is 1. The number of hydrogen-bond acceptors (Lipinski definition) is 3. The fourth-order valence-corrected chi connectivity index (χ4v) is 1.53. The average molecular weight is 251 g/mol. The molecule has 0 bridgehead atoms. The number of carboxylic acids is 1. The van der Waals surface area contributed by atoms with Crippen molar-refractivity contribution in [3.63, 3.8) is 0 Å². The molecule has 0 atom stereocenters. The van der Waals surface area contributed by atoms with E-state index in [4.69, 9.17) is 9.84 Å². The molecule has 18 heavy (non-hydrogen) atoms. The van der Waals surface area contributed by atoms with Crippen molar-refractivity contribution in [1.29, 1.82) is 0 Å². The van der Waals surface area contributed by atoms with Crippen LogP contribution in [0.25, 0.3) is 0 Å². The lowest BCUT2D eigenvalue weighted by molar-refractivity contribution is -0.137. The highest BCUT2D eigenvalue weighted by molar-refractivity contribution is 5.92. The first-order valence-corrected chi connectivity index (χ1v) is 5.69. The summed E-state index contributed by atoms with van der Waals surface area (Å²) in [4.78, 5) is 21.9. The van der Waals surface area contributed by atoms with Gasteiger partial charge in [0.25, 0.3) is 0 Å². The van der Waals surface area contributed by atoms with Gasteiger partial charge in [-0.2, -0.15) is 0 Å². The van der Waals surface area contributed by atoms with Crippen molar-refractivity contribution in [2.24, 2.45) is 0 Å². The molecule has 0 aliphatic carbocycles. The minimum absolute atomic E-state index is 0.00161. The molecule has 0 saturated carbocycles. The molecule has 0 saturated heterocycles. The summed E-state index contributed by atoms with van der Waals surface area (Å²) in [5.74, 6) is -0.511. The number of aryl methyl sites for hydroxylation is 1. The second kappa shape index (κ2) is 6.64. The molecule has 0 aliphatic rings. The van der Waals surface area contributed by atoms with Crippen molar-refractivity contribution in [2.45, 2.75) is 26.2 Å². The predicted octanol–water partition coefficient (Wildman–Crippen LogP) is 2.20. The van der Waals surface area contributed by atoms with Crippen molar-refractivity contribution in [3.8, 4) is 5.75 Å². The van der Waals surface area contributed by atoms with Gasteiger partial charge in [-0.15, -0.1) is 0 Å². The number of methoxy groups -OCH3 is 1. The summed E-state index contributed by atoms with van der Waals surface area (Å²) in [6.07, 6.45) is 0.511. The topological polar surface area (TPSA) is 75.6 Å². The van der Waals surface area contributed by atoms with Crippen LogP contribution in [0.1, 0.15) is 24.8 Å². The monoisotopic (exact) mass is 251 g/mol. The summed E-state index contributed by atoms with van der Waals surface area (Å²) in [7, 11) is 1.53. The van der Waals surface area contributed by atoms with Crippen LogP contribution in [0.4, 0.5) is 5.69 Å². The van der Waals surface area contributed by atoms with Crippen molar-refractivity contribution in [1.82, 2.24) is 0 Å². The number of aliphatic carboxylic acids is 1. The van der Waals surface area contributed by atoms with Gasteiger partial charge in [0.05, 0.1) is 12.8 Å². The van der Waals surface area contributed by atoms with Crippen molar-refractivity contribution in [2.75, 3.05) is 12.4 Å². The standard InChI is InChI=1S/C13H17NO4/c1-9-6-7-11(18-2)10(8-9)14-12(15)4-3-5-13(16)17/h6-8H,3-5H2,1-2H3,(H,14,15)(H,16,17). The normalized spacial score (nSPS) is 9.89. The van der Waals surface area contributed by atoms with Gasteiger partial charge in [-0.05, 0) is 31.0 Å². The van der Waals surface area contributed by atoms with E-state index in [1.807, 2.05) is 19.1 Å². The van der Waals surface area contributed by atoms with E-state index < -0.39 is 5.97 Å². The number of benzene rings is 1. The van der Waals surface area contributed by atoms with Crippen LogP contribution in [0.2, 0.25) is 0 Å². The first-order chi connectivity index (χ1) is 8.52. The van der Waals surface area contributed by atoms with Gasteiger partial charge in [-0.1, -0.05) is 6.07 Å². The van der Waals surface area contributed by atoms with Crippen molar-refractivity contribution >= 4 is 17.6 Å². The SMILES string of the molecule is COc1ccc(C)cc1NC(=O)CCCC(=O)O. The minimum atomic E-state index is -0.893. The second-order valence-electron chi connectivity index (χ2n) is 4.00. The maximum atomic E-state index is 11.6. The molecule has 0 radical (unpaired) electrons. The van der Waals surface area contributed by atoms with Gasteiger partial charge in [0, 0.05) is 12.8 Å². The Hall–Kier alpha value is -2.04. The molecule has 0 fully saturated rings. The number of amides is 1. The number of ether oxygens (including phenoxy) is 1. The molecule has 1 amide bonds. The van der Waals surface area contributed by atoms with Gasteiger partial charge in [0.2, 0.25) is 5.91 Å². The zero-order valence-corrected chi connectivity index (χ0v) is 10.5. The molecule has 1 aromatic carbocycles. The van der Waals surface area contributed by atoms with Gasteiger partial charge < -0.3 is 15.2 Å². The Morgan fingerprint density at radius 3 is 2.67 bits per heavy atom. The van der Waals surface area contributed by atoms with E-state index >= 15 is 0 Å². The van der Waals surface area contributed by atoms with Crippen LogP contribution in [0.5, 0.6) is 5.75 Å². The number of hydrogen-bond donors (Lipinski definition) is 2. The summed E-state index contributed by atoms with van der Waals surface area (Å²) in [6, 6.07) is 5.48. The highest BCUT2D eigenvalue weighted by atomic mass is 16.5. The quantitative estimate of drug-likeness (QED) is 0.812. The van der Waals surface area contributed by atoms with E-state index in [0.717, 1.165) is 5.56 Å². The van der Waals surface area contributed by atoms with Crippen molar-refractivity contribution < 1.29 is 19.4 Å². The molecule has 1 aromatic rings. The first kappa shape index (κ1) is 14.0. The summed E-state index contributed by atoms with van der Waals surface area (Å²) in [6.45, 7) is 1.92. The fourth-order valence-electron chi connectivity index (χ4n) is 1.53.